The molecule has 2 unspecified atom stereocenters. The topological polar surface area (TPSA) is 120 Å². The molecule has 0 aliphatic carbocycles. The number of sulfonamides is 1. The molecular formula is C23H24FN5O4S. The Hall–Kier alpha value is -3.15. The lowest BCUT2D eigenvalue weighted by Gasteiger charge is -2.27. The summed E-state index contributed by atoms with van der Waals surface area (Å²) in [5.74, 6) is -0.0936. The van der Waals surface area contributed by atoms with Gasteiger partial charge in [0.05, 0.1) is 17.4 Å². The molecule has 34 heavy (non-hydrogen) atoms. The summed E-state index contributed by atoms with van der Waals surface area (Å²) >= 11 is 0. The number of nitrogens with two attached hydrogens (primary N) is 1. The van der Waals surface area contributed by atoms with E-state index in [1.54, 1.807) is 0 Å². The number of benzene rings is 2. The number of aromatic nitrogens is 3. The Morgan fingerprint density at radius 1 is 1.21 bits per heavy atom. The molecule has 9 nitrogen and oxygen atoms in total. The van der Waals surface area contributed by atoms with Gasteiger partial charge in [-0.2, -0.15) is 0 Å². The Bertz CT molecular complexity index is 1370. The zero-order valence-electron chi connectivity index (χ0n) is 18.5. The van der Waals surface area contributed by atoms with Crippen molar-refractivity contribution in [3.05, 3.63) is 71.1 Å². The molecule has 2 fully saturated rings. The van der Waals surface area contributed by atoms with Crippen molar-refractivity contribution in [2.75, 3.05) is 13.1 Å². The molecule has 11 heteroatoms. The van der Waals surface area contributed by atoms with Crippen molar-refractivity contribution in [1.29, 1.82) is 0 Å². The number of ether oxygens (including phenoxy) is 1. The van der Waals surface area contributed by atoms with Gasteiger partial charge < -0.3 is 4.74 Å². The van der Waals surface area contributed by atoms with Crippen LogP contribution >= 0.6 is 0 Å². The molecule has 2 N–H and O–H groups in total. The van der Waals surface area contributed by atoms with Crippen LogP contribution in [0.15, 0.2) is 47.4 Å². The van der Waals surface area contributed by atoms with Gasteiger partial charge in [-0.3, -0.25) is 9.69 Å². The van der Waals surface area contributed by atoms with Crippen molar-refractivity contribution in [2.24, 2.45) is 11.1 Å². The summed E-state index contributed by atoms with van der Waals surface area (Å²) in [5.41, 5.74) is 2.14. The molecule has 2 aliphatic heterocycles. The van der Waals surface area contributed by atoms with Gasteiger partial charge in [0.1, 0.15) is 23.4 Å². The lowest BCUT2D eigenvalue weighted by atomic mass is 10.00. The van der Waals surface area contributed by atoms with Crippen LogP contribution in [0.5, 0.6) is 0 Å². The summed E-state index contributed by atoms with van der Waals surface area (Å²) in [6.45, 7) is 3.53. The first-order chi connectivity index (χ1) is 16.2. The fraction of sp³-hybridized carbons (Fsp3) is 0.348. The number of esters is 1. The molecule has 2 bridgehead atoms. The fourth-order valence-corrected chi connectivity index (χ4v) is 5.12. The van der Waals surface area contributed by atoms with Crippen molar-refractivity contribution in [3.63, 3.8) is 0 Å². The average Bonchev–Trinajstić information content (AvgIpc) is 3.26. The summed E-state index contributed by atoms with van der Waals surface area (Å²) in [6, 6.07) is 11.4. The second-order valence-electron chi connectivity index (χ2n) is 8.87. The van der Waals surface area contributed by atoms with E-state index in [2.05, 4.69) is 15.0 Å². The molecule has 1 aromatic heterocycles. The predicted molar refractivity (Wildman–Crippen MR) is 120 cm³/mol. The third kappa shape index (κ3) is 4.59. The van der Waals surface area contributed by atoms with Crippen LogP contribution in [-0.2, 0) is 32.5 Å². The van der Waals surface area contributed by atoms with Crippen LogP contribution < -0.4 is 5.14 Å². The Morgan fingerprint density at radius 2 is 2.03 bits per heavy atom. The molecule has 0 spiro atoms. The third-order valence-electron chi connectivity index (χ3n) is 6.11. The van der Waals surface area contributed by atoms with E-state index in [1.165, 1.54) is 16.8 Å². The minimum Gasteiger partial charge on any atom is -0.461 e. The van der Waals surface area contributed by atoms with E-state index >= 15 is 0 Å². The largest absolute Gasteiger partial charge is 0.461 e. The van der Waals surface area contributed by atoms with Gasteiger partial charge in [-0.05, 0) is 30.7 Å². The molecule has 3 heterocycles. The van der Waals surface area contributed by atoms with E-state index in [-0.39, 0.29) is 28.6 Å². The summed E-state index contributed by atoms with van der Waals surface area (Å²) < 4.78 is 45.0. The summed E-state index contributed by atoms with van der Waals surface area (Å²) in [4.78, 5) is 18.3. The molecule has 2 aromatic carbocycles. The van der Waals surface area contributed by atoms with Crippen LogP contribution in [0.1, 0.15) is 29.2 Å². The predicted octanol–water partition coefficient (Wildman–Crippen LogP) is 1.70. The number of likely N-dealkylation sites (tertiary alicyclic amines) is 1. The SMILES string of the molecule is Cc1cccc(Cc2nc(CN3CC4CC(C3)C(=O)O4)nn2-c2ccc(S(N)(=O)=O)cc2F)c1. The Morgan fingerprint density at radius 3 is 2.74 bits per heavy atom. The number of aryl methyl sites for hydroxylation is 1. The summed E-state index contributed by atoms with van der Waals surface area (Å²) in [5, 5.41) is 9.69. The second-order valence-corrected chi connectivity index (χ2v) is 10.4. The number of carbonyl (C=O) groups is 1. The van der Waals surface area contributed by atoms with E-state index < -0.39 is 15.8 Å². The number of hydrogen-bond donors (Lipinski definition) is 1. The average molecular weight is 486 g/mol. The highest BCUT2D eigenvalue weighted by Crippen LogP contribution is 2.29. The molecule has 2 aliphatic rings. The Kier molecular flexibility index (Phi) is 5.70. The van der Waals surface area contributed by atoms with Crippen LogP contribution in [0.2, 0.25) is 0 Å². The van der Waals surface area contributed by atoms with E-state index in [0.29, 0.717) is 37.7 Å². The van der Waals surface area contributed by atoms with Crippen LogP contribution in [-0.4, -0.2) is 53.2 Å². The van der Waals surface area contributed by atoms with E-state index in [1.807, 2.05) is 31.2 Å². The maximum atomic E-state index is 15.0. The van der Waals surface area contributed by atoms with Gasteiger partial charge in [-0.25, -0.2) is 27.6 Å². The number of fused-ring (bicyclic) bond motifs is 2. The number of rotatable bonds is 6. The number of hydrogen-bond acceptors (Lipinski definition) is 7. The molecular weight excluding hydrogens is 461 g/mol. The molecule has 2 atom stereocenters. The summed E-state index contributed by atoms with van der Waals surface area (Å²) in [6.07, 6.45) is 1.01. The van der Waals surface area contributed by atoms with Gasteiger partial charge in [-0.15, -0.1) is 5.10 Å². The standard InChI is InChI=1S/C23H24FN5O4S/c1-14-3-2-4-15(7-14)8-22-26-21(13-28-11-16-9-17(12-28)33-23(16)30)27-29(22)20-6-5-18(10-19(20)24)34(25,31)32/h2-7,10,16-17H,8-9,11-13H2,1H3,(H2,25,31,32). The minimum atomic E-state index is -4.04. The smallest absolute Gasteiger partial charge is 0.310 e. The Labute approximate surface area is 196 Å². The first kappa shape index (κ1) is 22.6. The molecule has 0 radical (unpaired) electrons. The van der Waals surface area contributed by atoms with E-state index in [4.69, 9.17) is 9.88 Å². The lowest BCUT2D eigenvalue weighted by molar-refractivity contribution is -0.142. The van der Waals surface area contributed by atoms with Gasteiger partial charge >= 0.3 is 5.97 Å². The number of piperidine rings is 1. The van der Waals surface area contributed by atoms with Crippen LogP contribution in [0.3, 0.4) is 0 Å². The quantitative estimate of drug-likeness (QED) is 0.528. The summed E-state index contributed by atoms with van der Waals surface area (Å²) in [7, 11) is -4.04. The maximum Gasteiger partial charge on any atom is 0.310 e. The van der Waals surface area contributed by atoms with E-state index in [0.717, 1.165) is 23.6 Å². The van der Waals surface area contributed by atoms with Gasteiger partial charge in [0.2, 0.25) is 10.0 Å². The van der Waals surface area contributed by atoms with Crippen molar-refractivity contribution >= 4 is 16.0 Å². The monoisotopic (exact) mass is 485 g/mol. The highest BCUT2D eigenvalue weighted by atomic mass is 32.2. The fourth-order valence-electron chi connectivity index (χ4n) is 4.59. The number of primary sulfonamides is 1. The molecule has 178 valence electrons. The van der Waals surface area contributed by atoms with Gasteiger partial charge in [0.25, 0.3) is 0 Å². The molecule has 0 saturated carbocycles. The zero-order chi connectivity index (χ0) is 24.0. The van der Waals surface area contributed by atoms with Gasteiger partial charge in [-0.1, -0.05) is 29.8 Å². The number of nitrogens with zero attached hydrogens (tertiary/aromatic N) is 4. The van der Waals surface area contributed by atoms with Crippen molar-refractivity contribution in [2.45, 2.75) is 37.3 Å². The first-order valence-corrected chi connectivity index (χ1v) is 12.5. The first-order valence-electron chi connectivity index (χ1n) is 10.9. The number of halogens is 1. The minimum absolute atomic E-state index is 0.0750. The molecule has 3 aromatic rings. The Balaban J connectivity index is 1.49. The van der Waals surface area contributed by atoms with Gasteiger partial charge in [0, 0.05) is 25.9 Å². The molecule has 2 saturated heterocycles. The molecule has 5 rings (SSSR count). The number of carbonyl (C=O) groups excluding carboxylic acids is 1. The lowest BCUT2D eigenvalue weighted by Crippen LogP contribution is -2.39. The maximum absolute atomic E-state index is 15.0. The normalized spacial score (nSPS) is 20.5. The second kappa shape index (κ2) is 8.57. The molecule has 0 amide bonds. The van der Waals surface area contributed by atoms with E-state index in [9.17, 15) is 17.6 Å². The van der Waals surface area contributed by atoms with Crippen LogP contribution in [0.25, 0.3) is 5.69 Å². The van der Waals surface area contributed by atoms with Crippen LogP contribution in [0.4, 0.5) is 4.39 Å². The van der Waals surface area contributed by atoms with Crippen molar-refractivity contribution < 1.29 is 22.3 Å². The van der Waals surface area contributed by atoms with Crippen molar-refractivity contribution in [3.8, 4) is 5.69 Å². The van der Waals surface area contributed by atoms with Gasteiger partial charge in [0.15, 0.2) is 5.82 Å². The highest BCUT2D eigenvalue weighted by molar-refractivity contribution is 7.89. The zero-order valence-corrected chi connectivity index (χ0v) is 19.3. The third-order valence-corrected chi connectivity index (χ3v) is 7.02. The van der Waals surface area contributed by atoms with Crippen molar-refractivity contribution in [1.82, 2.24) is 19.7 Å². The highest BCUT2D eigenvalue weighted by Gasteiger charge is 2.41. The van der Waals surface area contributed by atoms with Crippen LogP contribution in [0, 0.1) is 18.7 Å².